The highest BCUT2D eigenvalue weighted by molar-refractivity contribution is 14.1. The van der Waals surface area contributed by atoms with Crippen molar-refractivity contribution in [1.29, 1.82) is 0 Å². The third kappa shape index (κ3) is 1.84. The molecule has 0 spiro atoms. The zero-order valence-electron chi connectivity index (χ0n) is 7.51. The Labute approximate surface area is 99.5 Å². The molecule has 2 aromatic rings. The molecule has 0 saturated heterocycles. The molecule has 1 unspecified atom stereocenters. The van der Waals surface area contributed by atoms with Crippen LogP contribution in [-0.2, 0) is 7.05 Å². The van der Waals surface area contributed by atoms with Gasteiger partial charge in [0.05, 0.1) is 10.6 Å². The molecule has 0 amide bonds. The molecule has 0 radical (unpaired) electrons. The standard InChI is InChI=1S/C9H9IN2OS/c1-12-4-2-7(11-12)8(13)9-6(10)3-5-14-9/h2-5,8,13H,1H3. The number of aryl methyl sites for hydroxylation is 1. The first-order valence-electron chi connectivity index (χ1n) is 4.09. The van der Waals surface area contributed by atoms with Gasteiger partial charge in [0.15, 0.2) is 0 Å². The van der Waals surface area contributed by atoms with Crippen LogP contribution in [0, 0.1) is 3.57 Å². The van der Waals surface area contributed by atoms with E-state index in [4.69, 9.17) is 0 Å². The van der Waals surface area contributed by atoms with Gasteiger partial charge >= 0.3 is 0 Å². The first kappa shape index (κ1) is 10.1. The molecule has 14 heavy (non-hydrogen) atoms. The predicted molar refractivity (Wildman–Crippen MR) is 64.3 cm³/mol. The fourth-order valence-corrected chi connectivity index (χ4v) is 3.09. The van der Waals surface area contributed by atoms with Crippen LogP contribution in [0.2, 0.25) is 0 Å². The number of aliphatic hydroxyl groups is 1. The summed E-state index contributed by atoms with van der Waals surface area (Å²) in [6.07, 6.45) is 1.24. The van der Waals surface area contributed by atoms with Crippen LogP contribution >= 0.6 is 33.9 Å². The average Bonchev–Trinajstić information content (AvgIpc) is 2.73. The van der Waals surface area contributed by atoms with Gasteiger partial charge < -0.3 is 5.11 Å². The van der Waals surface area contributed by atoms with Gasteiger partial charge in [0.2, 0.25) is 0 Å². The number of hydrogen-bond acceptors (Lipinski definition) is 3. The Balaban J connectivity index is 2.33. The third-order valence-electron chi connectivity index (χ3n) is 1.91. The molecule has 1 N–H and O–H groups in total. The maximum atomic E-state index is 10.0. The van der Waals surface area contributed by atoms with Crippen molar-refractivity contribution in [3.8, 4) is 0 Å². The van der Waals surface area contributed by atoms with Crippen LogP contribution in [0.3, 0.4) is 0 Å². The SMILES string of the molecule is Cn1ccc(C(O)c2sccc2I)n1. The molecule has 1 atom stereocenters. The number of aliphatic hydroxyl groups excluding tert-OH is 1. The van der Waals surface area contributed by atoms with Crippen molar-refractivity contribution in [2.24, 2.45) is 7.05 Å². The van der Waals surface area contributed by atoms with E-state index >= 15 is 0 Å². The lowest BCUT2D eigenvalue weighted by atomic mass is 10.2. The third-order valence-corrected chi connectivity index (χ3v) is 4.18. The number of thiophene rings is 1. The van der Waals surface area contributed by atoms with E-state index in [0.717, 1.165) is 8.45 Å². The first-order valence-corrected chi connectivity index (χ1v) is 6.05. The quantitative estimate of drug-likeness (QED) is 0.861. The van der Waals surface area contributed by atoms with Crippen molar-refractivity contribution < 1.29 is 5.11 Å². The molecule has 0 aliphatic rings. The smallest absolute Gasteiger partial charge is 0.133 e. The van der Waals surface area contributed by atoms with Crippen LogP contribution in [0.4, 0.5) is 0 Å². The first-order chi connectivity index (χ1) is 6.68. The average molecular weight is 320 g/mol. The monoisotopic (exact) mass is 320 g/mol. The summed E-state index contributed by atoms with van der Waals surface area (Å²) in [4.78, 5) is 0.962. The van der Waals surface area contributed by atoms with Crippen molar-refractivity contribution in [2.45, 2.75) is 6.10 Å². The summed E-state index contributed by atoms with van der Waals surface area (Å²) < 4.78 is 2.78. The maximum absolute atomic E-state index is 10.0. The van der Waals surface area contributed by atoms with Crippen molar-refractivity contribution >= 4 is 33.9 Å². The van der Waals surface area contributed by atoms with Crippen molar-refractivity contribution in [3.05, 3.63) is 37.9 Å². The second kappa shape index (κ2) is 4.00. The van der Waals surface area contributed by atoms with E-state index in [1.54, 1.807) is 16.0 Å². The summed E-state index contributed by atoms with van der Waals surface area (Å²) in [5.74, 6) is 0. The summed E-state index contributed by atoms with van der Waals surface area (Å²) in [6.45, 7) is 0. The molecule has 2 rings (SSSR count). The lowest BCUT2D eigenvalue weighted by Gasteiger charge is -2.05. The van der Waals surface area contributed by atoms with Crippen LogP contribution in [0.15, 0.2) is 23.7 Å². The fourth-order valence-electron chi connectivity index (χ4n) is 1.21. The molecule has 74 valence electrons. The minimum Gasteiger partial charge on any atom is -0.381 e. The van der Waals surface area contributed by atoms with Crippen LogP contribution in [0.5, 0.6) is 0 Å². The van der Waals surface area contributed by atoms with E-state index in [1.165, 1.54) is 0 Å². The number of aromatic nitrogens is 2. The van der Waals surface area contributed by atoms with Gasteiger partial charge in [-0.2, -0.15) is 5.10 Å². The van der Waals surface area contributed by atoms with Crippen LogP contribution in [0.1, 0.15) is 16.7 Å². The Hall–Kier alpha value is -0.400. The van der Waals surface area contributed by atoms with Crippen molar-refractivity contribution in [3.63, 3.8) is 0 Å². The molecule has 2 aromatic heterocycles. The van der Waals surface area contributed by atoms with Crippen LogP contribution in [0.25, 0.3) is 0 Å². The van der Waals surface area contributed by atoms with Gasteiger partial charge in [-0.05, 0) is 40.1 Å². The number of rotatable bonds is 2. The van der Waals surface area contributed by atoms with Gasteiger partial charge in [-0.25, -0.2) is 0 Å². The van der Waals surface area contributed by atoms with Gasteiger partial charge in [0.1, 0.15) is 6.10 Å². The highest BCUT2D eigenvalue weighted by Crippen LogP contribution is 2.29. The number of nitrogens with zero attached hydrogens (tertiary/aromatic N) is 2. The van der Waals surface area contributed by atoms with Gasteiger partial charge in [-0.3, -0.25) is 4.68 Å². The molecule has 0 aliphatic carbocycles. The number of halogens is 1. The van der Waals surface area contributed by atoms with E-state index in [1.807, 2.05) is 30.8 Å². The highest BCUT2D eigenvalue weighted by atomic mass is 127. The Morgan fingerprint density at radius 1 is 1.57 bits per heavy atom. The lowest BCUT2D eigenvalue weighted by molar-refractivity contribution is 0.217. The molecule has 2 heterocycles. The minimum atomic E-state index is -0.594. The second-order valence-corrected chi connectivity index (χ2v) is 5.06. The van der Waals surface area contributed by atoms with Gasteiger partial charge in [-0.1, -0.05) is 0 Å². The van der Waals surface area contributed by atoms with Gasteiger partial charge in [0, 0.05) is 16.8 Å². The van der Waals surface area contributed by atoms with E-state index in [-0.39, 0.29) is 0 Å². The fraction of sp³-hybridized carbons (Fsp3) is 0.222. The van der Waals surface area contributed by atoms with E-state index < -0.39 is 6.10 Å². The van der Waals surface area contributed by atoms with Crippen LogP contribution < -0.4 is 0 Å². The molecule has 3 nitrogen and oxygen atoms in total. The highest BCUT2D eigenvalue weighted by Gasteiger charge is 2.16. The largest absolute Gasteiger partial charge is 0.381 e. The van der Waals surface area contributed by atoms with Crippen LogP contribution in [-0.4, -0.2) is 14.9 Å². The summed E-state index contributed by atoms with van der Waals surface area (Å²) in [5, 5.41) is 16.2. The van der Waals surface area contributed by atoms with Gasteiger partial charge in [-0.15, -0.1) is 11.3 Å². The zero-order valence-corrected chi connectivity index (χ0v) is 10.5. The summed E-state index contributed by atoms with van der Waals surface area (Å²) >= 11 is 3.78. The van der Waals surface area contributed by atoms with E-state index in [9.17, 15) is 5.11 Å². The summed E-state index contributed by atoms with van der Waals surface area (Å²) in [6, 6.07) is 3.83. The molecule has 5 heteroatoms. The lowest BCUT2D eigenvalue weighted by Crippen LogP contribution is -2.00. The molecule has 0 fully saturated rings. The van der Waals surface area contributed by atoms with E-state index in [2.05, 4.69) is 27.7 Å². The Kier molecular flexibility index (Phi) is 2.89. The second-order valence-electron chi connectivity index (χ2n) is 2.95. The number of hydrogen-bond donors (Lipinski definition) is 1. The molecule has 0 aliphatic heterocycles. The van der Waals surface area contributed by atoms with Crippen molar-refractivity contribution in [1.82, 2.24) is 9.78 Å². The van der Waals surface area contributed by atoms with Gasteiger partial charge in [0.25, 0.3) is 0 Å². The Morgan fingerprint density at radius 3 is 2.86 bits per heavy atom. The summed E-state index contributed by atoms with van der Waals surface area (Å²) in [5.41, 5.74) is 0.702. The minimum absolute atomic E-state index is 0.594. The molecule has 0 saturated carbocycles. The molecule has 0 bridgehead atoms. The zero-order chi connectivity index (χ0) is 10.1. The normalized spacial score (nSPS) is 13.1. The molecular weight excluding hydrogens is 311 g/mol. The Bertz CT molecular complexity index is 437. The molecule has 0 aromatic carbocycles. The van der Waals surface area contributed by atoms with E-state index in [0.29, 0.717) is 5.69 Å². The predicted octanol–water partition coefficient (Wildman–Crippen LogP) is 2.17. The maximum Gasteiger partial charge on any atom is 0.133 e. The topological polar surface area (TPSA) is 38.0 Å². The Morgan fingerprint density at radius 2 is 2.36 bits per heavy atom. The summed E-state index contributed by atoms with van der Waals surface area (Å²) in [7, 11) is 1.84. The molecular formula is C9H9IN2OS. The van der Waals surface area contributed by atoms with Crippen molar-refractivity contribution in [2.75, 3.05) is 0 Å².